The van der Waals surface area contributed by atoms with Crippen molar-refractivity contribution < 1.29 is 50.0 Å². The molecule has 0 aromatic carbocycles. The Morgan fingerprint density at radius 2 is 1.53 bits per heavy atom. The highest BCUT2D eigenvalue weighted by atomic mass is 32.2. The highest BCUT2D eigenvalue weighted by Gasteiger charge is 2.65. The lowest BCUT2D eigenvalue weighted by atomic mass is 9.44. The molecule has 30 heavy (non-hydrogen) atoms. The van der Waals surface area contributed by atoms with Gasteiger partial charge in [-0.1, -0.05) is 0 Å². The van der Waals surface area contributed by atoms with Crippen molar-refractivity contribution in [3.05, 3.63) is 0 Å². The highest BCUT2D eigenvalue weighted by Crippen LogP contribution is 2.65. The third-order valence-corrected chi connectivity index (χ3v) is 7.76. The summed E-state index contributed by atoms with van der Waals surface area (Å²) in [6.45, 7) is -0.330. The van der Waals surface area contributed by atoms with E-state index in [2.05, 4.69) is 0 Å². The van der Waals surface area contributed by atoms with E-state index in [4.69, 9.17) is 9.29 Å². The zero-order chi connectivity index (χ0) is 22.6. The molecule has 12 heteroatoms. The molecule has 0 radical (unpaired) electrons. The minimum Gasteiger partial charge on any atom is -0.481 e. The largest absolute Gasteiger partial charge is 0.481 e. The molecule has 4 saturated carbocycles. The fourth-order valence-corrected chi connectivity index (χ4v) is 6.33. The summed E-state index contributed by atoms with van der Waals surface area (Å²) in [5.41, 5.74) is -1.85. The summed E-state index contributed by atoms with van der Waals surface area (Å²) in [5, 5.41) is 4.07. The Morgan fingerprint density at radius 3 is 2.03 bits per heavy atom. The van der Waals surface area contributed by atoms with Crippen LogP contribution in [0, 0.1) is 22.7 Å². The third-order valence-electron chi connectivity index (χ3n) is 6.82. The molecule has 4 aliphatic rings. The number of carbonyl (C=O) groups excluding carboxylic acids is 1. The number of esters is 1. The molecule has 0 saturated heterocycles. The first-order chi connectivity index (χ1) is 13.6. The van der Waals surface area contributed by atoms with Gasteiger partial charge in [0.2, 0.25) is 0 Å². The average Bonchev–Trinajstić information content (AvgIpc) is 2.58. The number of carbonyl (C=O) groups is 2. The number of ether oxygens (including phenoxy) is 1. The second-order valence-electron chi connectivity index (χ2n) is 9.12. The lowest BCUT2D eigenvalue weighted by Crippen LogP contribution is -2.57. The number of carboxylic acids is 1. The van der Waals surface area contributed by atoms with E-state index in [1.54, 1.807) is 0 Å². The van der Waals surface area contributed by atoms with E-state index < -0.39 is 56.9 Å². The molecule has 0 aromatic rings. The second-order valence-corrected chi connectivity index (χ2v) is 10.6. The van der Waals surface area contributed by atoms with Crippen LogP contribution in [0.15, 0.2) is 0 Å². The van der Waals surface area contributed by atoms with Crippen LogP contribution in [-0.4, -0.2) is 47.8 Å². The fourth-order valence-electron chi connectivity index (χ4n) is 5.85. The minimum atomic E-state index is -6.27. The van der Waals surface area contributed by atoms with E-state index in [0.717, 1.165) is 6.42 Å². The minimum absolute atomic E-state index is 0.122. The van der Waals surface area contributed by atoms with Crippen LogP contribution in [0.4, 0.5) is 17.6 Å². The summed E-state index contributed by atoms with van der Waals surface area (Å²) < 4.78 is 87.6. The maximum Gasteiger partial charge on any atom is 0.431 e. The van der Waals surface area contributed by atoms with Gasteiger partial charge in [-0.2, -0.15) is 26.0 Å². The van der Waals surface area contributed by atoms with Crippen LogP contribution >= 0.6 is 0 Å². The van der Waals surface area contributed by atoms with Crippen LogP contribution in [-0.2, 0) is 24.4 Å². The molecule has 0 aliphatic heterocycles. The molecule has 7 nitrogen and oxygen atoms in total. The van der Waals surface area contributed by atoms with Crippen molar-refractivity contribution >= 4 is 22.1 Å². The van der Waals surface area contributed by atoms with Gasteiger partial charge in [-0.15, -0.1) is 0 Å². The van der Waals surface area contributed by atoms with Crippen LogP contribution in [0.1, 0.15) is 57.8 Å². The summed E-state index contributed by atoms with van der Waals surface area (Å²) in [6, 6.07) is 0. The molecule has 0 aromatic heterocycles. The normalized spacial score (nSPS) is 33.5. The Balaban J connectivity index is 1.53. The number of alkyl halides is 4. The number of rotatable bonds is 9. The van der Waals surface area contributed by atoms with Crippen molar-refractivity contribution in [1.82, 2.24) is 0 Å². The van der Waals surface area contributed by atoms with E-state index in [9.17, 15) is 40.7 Å². The monoisotopic (exact) mass is 460 g/mol. The van der Waals surface area contributed by atoms with E-state index in [0.29, 0.717) is 25.7 Å². The third kappa shape index (κ3) is 3.80. The number of aliphatic carboxylic acids is 1. The van der Waals surface area contributed by atoms with Crippen molar-refractivity contribution in [3.8, 4) is 0 Å². The predicted molar refractivity (Wildman–Crippen MR) is 93.4 cm³/mol. The number of hydrogen-bond donors (Lipinski definition) is 2. The van der Waals surface area contributed by atoms with E-state index in [1.165, 1.54) is 0 Å². The van der Waals surface area contributed by atoms with Crippen LogP contribution in [0.3, 0.4) is 0 Å². The van der Waals surface area contributed by atoms with Crippen molar-refractivity contribution in [2.75, 3.05) is 6.61 Å². The smallest absolute Gasteiger partial charge is 0.431 e. The first-order valence-corrected chi connectivity index (χ1v) is 11.2. The van der Waals surface area contributed by atoms with Gasteiger partial charge in [0.25, 0.3) is 0 Å². The molecule has 172 valence electrons. The molecule has 4 bridgehead atoms. The first-order valence-electron chi connectivity index (χ1n) is 9.77. The molecule has 2 unspecified atom stereocenters. The fraction of sp³-hybridized carbons (Fsp3) is 0.889. The topological polar surface area (TPSA) is 118 Å². The van der Waals surface area contributed by atoms with Crippen molar-refractivity contribution in [2.24, 2.45) is 22.7 Å². The van der Waals surface area contributed by atoms with Gasteiger partial charge in [0.15, 0.2) is 0 Å². The zero-order valence-electron chi connectivity index (χ0n) is 16.1. The molecule has 2 atom stereocenters. The van der Waals surface area contributed by atoms with Crippen LogP contribution < -0.4 is 0 Å². The molecule has 0 heterocycles. The average molecular weight is 460 g/mol. The Labute approximate surface area is 170 Å². The Morgan fingerprint density at radius 1 is 1.00 bits per heavy atom. The molecule has 4 fully saturated rings. The zero-order valence-corrected chi connectivity index (χ0v) is 16.9. The summed E-state index contributed by atoms with van der Waals surface area (Å²) in [5.74, 6) is -6.24. The molecule has 4 aliphatic carbocycles. The lowest BCUT2D eigenvalue weighted by Gasteiger charge is -2.59. The standard InChI is InChI=1S/C18H24F4O7S/c19-17(20,18(21,22)30(26,27)28)3-1-2-4-29-14(25)16-8-11-5-12(9-16)7-15(6-11,10-16)13(23)24/h11-12H,1-10H2,(H,23,24)(H,26,27,28). The van der Waals surface area contributed by atoms with Gasteiger partial charge in [0.05, 0.1) is 17.4 Å². The maximum absolute atomic E-state index is 13.5. The molecular formula is C18H24F4O7S. The molecule has 2 N–H and O–H groups in total. The van der Waals surface area contributed by atoms with Crippen molar-refractivity contribution in [2.45, 2.75) is 69.0 Å². The summed E-state index contributed by atoms with van der Waals surface area (Å²) in [6.07, 6.45) is 0.871. The number of hydrogen-bond acceptors (Lipinski definition) is 5. The second kappa shape index (κ2) is 7.32. The van der Waals surface area contributed by atoms with Crippen molar-refractivity contribution in [3.63, 3.8) is 0 Å². The molecule has 0 spiro atoms. The maximum atomic E-state index is 13.5. The Hall–Kier alpha value is -1.43. The highest BCUT2D eigenvalue weighted by molar-refractivity contribution is 7.87. The predicted octanol–water partition coefficient (Wildman–Crippen LogP) is 3.49. The summed E-state index contributed by atoms with van der Waals surface area (Å²) in [7, 11) is -6.27. The van der Waals surface area contributed by atoms with Crippen LogP contribution in [0.2, 0.25) is 0 Å². The van der Waals surface area contributed by atoms with Gasteiger partial charge >= 0.3 is 33.2 Å². The van der Waals surface area contributed by atoms with Crippen molar-refractivity contribution in [1.29, 1.82) is 0 Å². The van der Waals surface area contributed by atoms with Gasteiger partial charge in [-0.05, 0) is 63.2 Å². The van der Waals surface area contributed by atoms with Gasteiger partial charge in [-0.3, -0.25) is 14.1 Å². The van der Waals surface area contributed by atoms with Gasteiger partial charge in [-0.25, -0.2) is 0 Å². The quantitative estimate of drug-likeness (QED) is 0.234. The summed E-state index contributed by atoms with van der Waals surface area (Å²) in [4.78, 5) is 24.5. The number of unbranched alkanes of at least 4 members (excludes halogenated alkanes) is 1. The molecular weight excluding hydrogens is 436 g/mol. The SMILES string of the molecule is O=C(O)C12CC3CC(C1)CC(C(=O)OCCCCC(F)(F)C(F)(F)S(=O)(=O)O)(C3)C2. The van der Waals surface area contributed by atoms with Crippen LogP contribution in [0.25, 0.3) is 0 Å². The lowest BCUT2D eigenvalue weighted by molar-refractivity contribution is -0.191. The first kappa shape index (κ1) is 23.2. The van der Waals surface area contributed by atoms with Gasteiger partial charge in [0, 0.05) is 6.42 Å². The Kier molecular flexibility index (Phi) is 5.67. The van der Waals surface area contributed by atoms with Gasteiger partial charge < -0.3 is 9.84 Å². The number of carboxylic acid groups (broad SMARTS) is 1. The van der Waals surface area contributed by atoms with E-state index >= 15 is 0 Å². The molecule has 0 amide bonds. The Bertz CT molecular complexity index is 812. The van der Waals surface area contributed by atoms with Crippen LogP contribution in [0.5, 0.6) is 0 Å². The number of halogens is 4. The van der Waals surface area contributed by atoms with Gasteiger partial charge in [0.1, 0.15) is 0 Å². The van der Waals surface area contributed by atoms with E-state index in [1.807, 2.05) is 0 Å². The molecule has 4 rings (SSSR count). The summed E-state index contributed by atoms with van der Waals surface area (Å²) >= 11 is 0. The van der Waals surface area contributed by atoms with E-state index in [-0.39, 0.29) is 31.3 Å².